The van der Waals surface area contributed by atoms with E-state index in [1.54, 1.807) is 0 Å². The average molecular weight is 667 g/mol. The first-order valence-corrected chi connectivity index (χ1v) is 21.0. The molecular formula is C42H82O5. The Labute approximate surface area is 293 Å². The highest BCUT2D eigenvalue weighted by Crippen LogP contribution is 2.16. The fourth-order valence-electron chi connectivity index (χ4n) is 6.39. The zero-order chi connectivity index (χ0) is 34.5. The molecule has 0 aliphatic carbocycles. The summed E-state index contributed by atoms with van der Waals surface area (Å²) in [5.74, 6) is 0.289. The Hall–Kier alpha value is -1.10. The lowest BCUT2D eigenvalue weighted by Crippen LogP contribution is -2.28. The smallest absolute Gasteiger partial charge is 0.306 e. The highest BCUT2D eigenvalue weighted by molar-refractivity contribution is 5.70. The van der Waals surface area contributed by atoms with Gasteiger partial charge in [-0.3, -0.25) is 9.59 Å². The van der Waals surface area contributed by atoms with E-state index in [-0.39, 0.29) is 25.2 Å². The molecule has 0 amide bonds. The molecule has 1 atom stereocenters. The maximum Gasteiger partial charge on any atom is 0.306 e. The number of ether oxygens (including phenoxy) is 2. The highest BCUT2D eigenvalue weighted by Gasteiger charge is 2.16. The number of carbonyl (C=O) groups excluding carboxylic acids is 2. The molecule has 0 heterocycles. The van der Waals surface area contributed by atoms with E-state index < -0.39 is 6.10 Å². The summed E-state index contributed by atoms with van der Waals surface area (Å²) >= 11 is 0. The number of hydrogen-bond donors (Lipinski definition) is 1. The number of unbranched alkanes of at least 4 members (excludes halogenated alkanes) is 28. The number of aliphatic hydroxyl groups is 1. The lowest BCUT2D eigenvalue weighted by molar-refractivity contribution is -0.161. The van der Waals surface area contributed by atoms with Gasteiger partial charge in [-0.15, -0.1) is 0 Å². The van der Waals surface area contributed by atoms with Crippen molar-refractivity contribution >= 4 is 11.9 Å². The number of aliphatic hydroxyl groups excluding tert-OH is 1. The molecule has 0 aromatic carbocycles. The molecule has 0 aromatic heterocycles. The van der Waals surface area contributed by atoms with Crippen molar-refractivity contribution < 1.29 is 24.2 Å². The Kier molecular flexibility index (Phi) is 36.8. The van der Waals surface area contributed by atoms with E-state index in [0.29, 0.717) is 12.8 Å². The van der Waals surface area contributed by atoms with Crippen LogP contribution in [0.2, 0.25) is 0 Å². The Morgan fingerprint density at radius 1 is 0.468 bits per heavy atom. The fraction of sp³-hybridized carbons (Fsp3) is 0.952. The normalized spacial score (nSPS) is 12.1. The van der Waals surface area contributed by atoms with E-state index in [0.717, 1.165) is 38.0 Å². The first-order valence-electron chi connectivity index (χ1n) is 21.0. The maximum atomic E-state index is 12.1. The van der Waals surface area contributed by atoms with Gasteiger partial charge < -0.3 is 14.6 Å². The molecule has 0 rings (SSSR count). The Morgan fingerprint density at radius 3 is 1.13 bits per heavy atom. The molecule has 0 saturated carbocycles. The maximum absolute atomic E-state index is 12.1. The third-order valence-corrected chi connectivity index (χ3v) is 9.58. The summed E-state index contributed by atoms with van der Waals surface area (Å²) in [6.45, 7) is 6.53. The first kappa shape index (κ1) is 45.9. The second-order valence-electron chi connectivity index (χ2n) is 14.9. The molecule has 0 fully saturated rings. The predicted octanol–water partition coefficient (Wildman–Crippen LogP) is 13.0. The molecule has 0 saturated heterocycles. The molecule has 47 heavy (non-hydrogen) atoms. The van der Waals surface area contributed by atoms with Crippen LogP contribution < -0.4 is 0 Å². The van der Waals surface area contributed by atoms with Crippen molar-refractivity contribution in [2.24, 2.45) is 5.92 Å². The molecule has 0 radical (unpaired) electrons. The van der Waals surface area contributed by atoms with Gasteiger partial charge in [-0.1, -0.05) is 207 Å². The van der Waals surface area contributed by atoms with Gasteiger partial charge in [0.2, 0.25) is 0 Å². The van der Waals surface area contributed by atoms with Crippen LogP contribution in [0.15, 0.2) is 0 Å². The van der Waals surface area contributed by atoms with Crippen molar-refractivity contribution in [1.82, 2.24) is 0 Å². The van der Waals surface area contributed by atoms with Gasteiger partial charge in [0.15, 0.2) is 6.10 Å². The van der Waals surface area contributed by atoms with Crippen LogP contribution in [-0.4, -0.2) is 36.4 Å². The van der Waals surface area contributed by atoms with E-state index in [4.69, 9.17) is 9.47 Å². The highest BCUT2D eigenvalue weighted by atomic mass is 16.6. The van der Waals surface area contributed by atoms with Crippen LogP contribution in [0.4, 0.5) is 0 Å². The molecule has 0 aliphatic heterocycles. The van der Waals surface area contributed by atoms with Crippen LogP contribution in [0.1, 0.15) is 233 Å². The van der Waals surface area contributed by atoms with E-state index in [9.17, 15) is 14.7 Å². The van der Waals surface area contributed by atoms with E-state index in [1.165, 1.54) is 167 Å². The number of rotatable bonds is 38. The van der Waals surface area contributed by atoms with Gasteiger partial charge in [-0.05, 0) is 18.8 Å². The van der Waals surface area contributed by atoms with Gasteiger partial charge in [0.25, 0.3) is 0 Å². The quantitative estimate of drug-likeness (QED) is 0.0524. The predicted molar refractivity (Wildman–Crippen MR) is 201 cm³/mol. The number of carbonyl (C=O) groups is 2. The van der Waals surface area contributed by atoms with Gasteiger partial charge >= 0.3 is 11.9 Å². The molecular weight excluding hydrogens is 584 g/mol. The minimum absolute atomic E-state index is 0.0573. The van der Waals surface area contributed by atoms with Gasteiger partial charge in [0.05, 0.1) is 6.61 Å². The van der Waals surface area contributed by atoms with Crippen molar-refractivity contribution in [3.63, 3.8) is 0 Å². The van der Waals surface area contributed by atoms with Crippen LogP contribution in [0.5, 0.6) is 0 Å². The largest absolute Gasteiger partial charge is 0.462 e. The minimum atomic E-state index is -0.761. The number of esters is 2. The standard InChI is InChI=1S/C42H82O5/c1-4-5-6-7-8-9-10-20-24-27-30-33-36-42(45)47-40(37-43)38-46-41(44)35-32-29-26-23-21-18-16-14-12-11-13-15-17-19-22-25-28-31-34-39(2)3/h39-40,43H,4-38H2,1-3H3/t40-/m0/s1. The molecule has 0 bridgehead atoms. The van der Waals surface area contributed by atoms with E-state index >= 15 is 0 Å². The zero-order valence-corrected chi connectivity index (χ0v) is 32.0. The van der Waals surface area contributed by atoms with Gasteiger partial charge in [0.1, 0.15) is 6.61 Å². The third kappa shape index (κ3) is 37.6. The van der Waals surface area contributed by atoms with Crippen LogP contribution >= 0.6 is 0 Å². The summed E-state index contributed by atoms with van der Waals surface area (Å²) in [4.78, 5) is 24.2. The summed E-state index contributed by atoms with van der Waals surface area (Å²) in [7, 11) is 0. The summed E-state index contributed by atoms with van der Waals surface area (Å²) in [5, 5.41) is 9.55. The Bertz CT molecular complexity index is 649. The van der Waals surface area contributed by atoms with Crippen molar-refractivity contribution in [2.45, 2.75) is 239 Å². The SMILES string of the molecule is CCCCCCCCCCCCCCC(=O)O[C@@H](CO)COC(=O)CCCCCCCCCCCCCCCCCCCCC(C)C. The van der Waals surface area contributed by atoms with Gasteiger partial charge in [-0.2, -0.15) is 0 Å². The van der Waals surface area contributed by atoms with Crippen LogP contribution in [-0.2, 0) is 19.1 Å². The minimum Gasteiger partial charge on any atom is -0.462 e. The summed E-state index contributed by atoms with van der Waals surface area (Å²) < 4.78 is 10.6. The topological polar surface area (TPSA) is 72.8 Å². The summed E-state index contributed by atoms with van der Waals surface area (Å²) in [5.41, 5.74) is 0. The van der Waals surface area contributed by atoms with Gasteiger partial charge in [-0.25, -0.2) is 0 Å². The van der Waals surface area contributed by atoms with Gasteiger partial charge in [0, 0.05) is 12.8 Å². The third-order valence-electron chi connectivity index (χ3n) is 9.58. The molecule has 280 valence electrons. The second kappa shape index (κ2) is 37.7. The summed E-state index contributed by atoms with van der Waals surface area (Å²) in [6, 6.07) is 0. The Balaban J connectivity index is 3.45. The van der Waals surface area contributed by atoms with Crippen molar-refractivity contribution in [1.29, 1.82) is 0 Å². The second-order valence-corrected chi connectivity index (χ2v) is 14.9. The van der Waals surface area contributed by atoms with Crippen molar-refractivity contribution in [3.05, 3.63) is 0 Å². The zero-order valence-electron chi connectivity index (χ0n) is 32.0. The Morgan fingerprint density at radius 2 is 0.787 bits per heavy atom. The van der Waals surface area contributed by atoms with Crippen molar-refractivity contribution in [2.75, 3.05) is 13.2 Å². The van der Waals surface area contributed by atoms with Crippen molar-refractivity contribution in [3.8, 4) is 0 Å². The van der Waals surface area contributed by atoms with Crippen LogP contribution in [0.3, 0.4) is 0 Å². The molecule has 1 N–H and O–H groups in total. The lowest BCUT2D eigenvalue weighted by Gasteiger charge is -2.15. The lowest BCUT2D eigenvalue weighted by atomic mass is 10.0. The molecule has 0 aromatic rings. The monoisotopic (exact) mass is 667 g/mol. The number of hydrogen-bond acceptors (Lipinski definition) is 5. The summed E-state index contributed by atoms with van der Waals surface area (Å²) in [6.07, 6.45) is 40.3. The fourth-order valence-corrected chi connectivity index (χ4v) is 6.39. The van der Waals surface area contributed by atoms with E-state index in [2.05, 4.69) is 20.8 Å². The van der Waals surface area contributed by atoms with Crippen LogP contribution in [0.25, 0.3) is 0 Å². The van der Waals surface area contributed by atoms with E-state index in [1.807, 2.05) is 0 Å². The van der Waals surface area contributed by atoms with Crippen LogP contribution in [0, 0.1) is 5.92 Å². The molecule has 5 heteroatoms. The molecule has 0 unspecified atom stereocenters. The first-order chi connectivity index (χ1) is 23.0. The molecule has 5 nitrogen and oxygen atoms in total. The molecule has 0 spiro atoms. The molecule has 0 aliphatic rings. The average Bonchev–Trinajstić information content (AvgIpc) is 3.06.